The summed E-state index contributed by atoms with van der Waals surface area (Å²) in [5.41, 5.74) is 3.41. The highest BCUT2D eigenvalue weighted by molar-refractivity contribution is 7.15. The second-order valence-electron chi connectivity index (χ2n) is 4.93. The van der Waals surface area contributed by atoms with Crippen molar-refractivity contribution in [3.63, 3.8) is 0 Å². The molecule has 1 N–H and O–H groups in total. The Labute approximate surface area is 125 Å². The van der Waals surface area contributed by atoms with Gasteiger partial charge in [-0.3, -0.25) is 0 Å². The molecule has 0 aliphatic heterocycles. The Hall–Kier alpha value is -1.39. The van der Waals surface area contributed by atoms with Gasteiger partial charge in [-0.1, -0.05) is 6.92 Å². The van der Waals surface area contributed by atoms with Crippen LogP contribution in [0.5, 0.6) is 5.75 Å². The summed E-state index contributed by atoms with van der Waals surface area (Å²) < 4.78 is 5.31. The van der Waals surface area contributed by atoms with E-state index in [2.05, 4.69) is 45.1 Å². The standard InChI is InChI=1S/C16H22N2OS/c1-6-17-11(3)15-12(4)18-16(20-15)13-7-8-14(19-5)10(2)9-13/h7-9,11,17H,6H2,1-5H3. The number of thiazole rings is 1. The summed E-state index contributed by atoms with van der Waals surface area (Å²) in [6.07, 6.45) is 0. The third kappa shape index (κ3) is 3.02. The van der Waals surface area contributed by atoms with E-state index in [-0.39, 0.29) is 0 Å². The van der Waals surface area contributed by atoms with Crippen molar-refractivity contribution in [2.45, 2.75) is 33.7 Å². The third-order valence-corrected chi connectivity index (χ3v) is 4.77. The van der Waals surface area contributed by atoms with Crippen molar-refractivity contribution in [1.82, 2.24) is 10.3 Å². The average Bonchev–Trinajstić information content (AvgIpc) is 2.81. The Morgan fingerprint density at radius 1 is 1.35 bits per heavy atom. The minimum absolute atomic E-state index is 0.352. The summed E-state index contributed by atoms with van der Waals surface area (Å²) in [6.45, 7) is 9.42. The molecule has 0 aliphatic rings. The summed E-state index contributed by atoms with van der Waals surface area (Å²) in [7, 11) is 1.70. The molecule has 3 nitrogen and oxygen atoms in total. The van der Waals surface area contributed by atoms with Crippen molar-refractivity contribution < 1.29 is 4.74 Å². The van der Waals surface area contributed by atoms with Crippen molar-refractivity contribution in [2.24, 2.45) is 0 Å². The van der Waals surface area contributed by atoms with Gasteiger partial charge in [-0.15, -0.1) is 11.3 Å². The van der Waals surface area contributed by atoms with Gasteiger partial charge in [0.05, 0.1) is 12.8 Å². The van der Waals surface area contributed by atoms with Crippen LogP contribution in [0.15, 0.2) is 18.2 Å². The van der Waals surface area contributed by atoms with Crippen molar-refractivity contribution in [2.75, 3.05) is 13.7 Å². The number of nitrogens with zero attached hydrogens (tertiary/aromatic N) is 1. The minimum atomic E-state index is 0.352. The number of benzene rings is 1. The fraction of sp³-hybridized carbons (Fsp3) is 0.438. The Kier molecular flexibility index (Phi) is 4.78. The molecule has 0 fully saturated rings. The smallest absolute Gasteiger partial charge is 0.123 e. The van der Waals surface area contributed by atoms with Crippen LogP contribution < -0.4 is 10.1 Å². The SMILES string of the molecule is CCNC(C)c1sc(-c2ccc(OC)c(C)c2)nc1C. The number of aromatic nitrogens is 1. The summed E-state index contributed by atoms with van der Waals surface area (Å²) in [5.74, 6) is 0.920. The summed E-state index contributed by atoms with van der Waals surface area (Å²) >= 11 is 1.77. The van der Waals surface area contributed by atoms with Gasteiger partial charge < -0.3 is 10.1 Å². The molecule has 0 bridgehead atoms. The number of hydrogen-bond donors (Lipinski definition) is 1. The van der Waals surface area contributed by atoms with Gasteiger partial charge in [0, 0.05) is 16.5 Å². The van der Waals surface area contributed by atoms with E-state index in [0.717, 1.165) is 34.1 Å². The highest BCUT2D eigenvalue weighted by atomic mass is 32.1. The van der Waals surface area contributed by atoms with Gasteiger partial charge in [0.1, 0.15) is 10.8 Å². The molecule has 1 unspecified atom stereocenters. The highest BCUT2D eigenvalue weighted by Crippen LogP contribution is 2.33. The molecule has 1 heterocycles. The molecule has 1 aromatic heterocycles. The quantitative estimate of drug-likeness (QED) is 0.900. The van der Waals surface area contributed by atoms with E-state index in [1.165, 1.54) is 4.88 Å². The summed E-state index contributed by atoms with van der Waals surface area (Å²) in [4.78, 5) is 6.03. The zero-order chi connectivity index (χ0) is 14.7. The first-order valence-electron chi connectivity index (χ1n) is 6.92. The van der Waals surface area contributed by atoms with Crippen LogP contribution in [0, 0.1) is 13.8 Å². The molecule has 20 heavy (non-hydrogen) atoms. The Bertz CT molecular complexity index is 592. The molecule has 0 amide bonds. The molecule has 2 aromatic rings. The number of methoxy groups -OCH3 is 1. The molecule has 2 rings (SSSR count). The van der Waals surface area contributed by atoms with E-state index in [4.69, 9.17) is 9.72 Å². The number of rotatable bonds is 5. The lowest BCUT2D eigenvalue weighted by Gasteiger charge is -2.10. The molecule has 0 saturated heterocycles. The normalized spacial score (nSPS) is 12.4. The number of aryl methyl sites for hydroxylation is 2. The lowest BCUT2D eigenvalue weighted by atomic mass is 10.1. The summed E-state index contributed by atoms with van der Waals surface area (Å²) in [6, 6.07) is 6.57. The van der Waals surface area contributed by atoms with Crippen LogP contribution in [0.2, 0.25) is 0 Å². The first kappa shape index (κ1) is 15.0. The van der Waals surface area contributed by atoms with Crippen molar-refractivity contribution in [3.05, 3.63) is 34.3 Å². The van der Waals surface area contributed by atoms with Crippen LogP contribution in [-0.4, -0.2) is 18.6 Å². The van der Waals surface area contributed by atoms with Gasteiger partial charge in [-0.2, -0.15) is 0 Å². The molecule has 0 radical (unpaired) electrons. The molecule has 1 atom stereocenters. The van der Waals surface area contributed by atoms with Crippen LogP contribution in [0.3, 0.4) is 0 Å². The maximum absolute atomic E-state index is 5.31. The Morgan fingerprint density at radius 2 is 2.10 bits per heavy atom. The fourth-order valence-corrected chi connectivity index (χ4v) is 3.43. The Morgan fingerprint density at radius 3 is 2.70 bits per heavy atom. The molecule has 108 valence electrons. The van der Waals surface area contributed by atoms with Gasteiger partial charge >= 0.3 is 0 Å². The van der Waals surface area contributed by atoms with Gasteiger partial charge in [-0.05, 0) is 51.1 Å². The zero-order valence-corrected chi connectivity index (χ0v) is 13.6. The predicted octanol–water partition coefficient (Wildman–Crippen LogP) is 4.11. The molecule has 4 heteroatoms. The molecule has 0 aliphatic carbocycles. The average molecular weight is 290 g/mol. The van der Waals surface area contributed by atoms with Crippen molar-refractivity contribution in [3.8, 4) is 16.3 Å². The number of nitrogens with one attached hydrogen (secondary N) is 1. The van der Waals surface area contributed by atoms with Crippen molar-refractivity contribution >= 4 is 11.3 Å². The van der Waals surface area contributed by atoms with Crippen LogP contribution in [0.25, 0.3) is 10.6 Å². The van der Waals surface area contributed by atoms with Gasteiger partial charge in [0.15, 0.2) is 0 Å². The highest BCUT2D eigenvalue weighted by Gasteiger charge is 2.15. The first-order valence-corrected chi connectivity index (χ1v) is 7.74. The van der Waals surface area contributed by atoms with Crippen LogP contribution in [0.1, 0.15) is 36.0 Å². The predicted molar refractivity (Wildman–Crippen MR) is 85.7 cm³/mol. The molecule has 1 aromatic carbocycles. The maximum atomic E-state index is 5.31. The van der Waals surface area contributed by atoms with E-state index in [1.54, 1.807) is 18.4 Å². The fourth-order valence-electron chi connectivity index (χ4n) is 2.34. The van der Waals surface area contributed by atoms with E-state index >= 15 is 0 Å². The van der Waals surface area contributed by atoms with E-state index in [9.17, 15) is 0 Å². The second-order valence-corrected chi connectivity index (χ2v) is 5.96. The molecule has 0 spiro atoms. The molecular weight excluding hydrogens is 268 g/mol. The summed E-state index contributed by atoms with van der Waals surface area (Å²) in [5, 5.41) is 4.52. The lowest BCUT2D eigenvalue weighted by molar-refractivity contribution is 0.412. The van der Waals surface area contributed by atoms with Crippen LogP contribution >= 0.6 is 11.3 Å². The maximum Gasteiger partial charge on any atom is 0.123 e. The van der Waals surface area contributed by atoms with E-state index in [0.29, 0.717) is 6.04 Å². The Balaban J connectivity index is 2.34. The van der Waals surface area contributed by atoms with Gasteiger partial charge in [0.2, 0.25) is 0 Å². The monoisotopic (exact) mass is 290 g/mol. The lowest BCUT2D eigenvalue weighted by Crippen LogP contribution is -2.17. The van der Waals surface area contributed by atoms with Gasteiger partial charge in [0.25, 0.3) is 0 Å². The number of hydrogen-bond acceptors (Lipinski definition) is 4. The van der Waals surface area contributed by atoms with E-state index < -0.39 is 0 Å². The third-order valence-electron chi connectivity index (χ3n) is 3.38. The number of ether oxygens (including phenoxy) is 1. The topological polar surface area (TPSA) is 34.1 Å². The van der Waals surface area contributed by atoms with Gasteiger partial charge in [-0.25, -0.2) is 4.98 Å². The van der Waals surface area contributed by atoms with Crippen LogP contribution in [0.4, 0.5) is 0 Å². The largest absolute Gasteiger partial charge is 0.496 e. The van der Waals surface area contributed by atoms with E-state index in [1.807, 2.05) is 6.07 Å². The first-order chi connectivity index (χ1) is 9.56. The van der Waals surface area contributed by atoms with Crippen molar-refractivity contribution in [1.29, 1.82) is 0 Å². The molecule has 0 saturated carbocycles. The zero-order valence-electron chi connectivity index (χ0n) is 12.8. The minimum Gasteiger partial charge on any atom is -0.496 e. The van der Waals surface area contributed by atoms with Crippen LogP contribution in [-0.2, 0) is 0 Å². The molecular formula is C16H22N2OS. The second kappa shape index (κ2) is 6.37.